The fourth-order valence-corrected chi connectivity index (χ4v) is 2.98. The van der Waals surface area contributed by atoms with Crippen molar-refractivity contribution in [1.82, 2.24) is 20.3 Å². The number of carbonyl (C=O) groups is 1. The van der Waals surface area contributed by atoms with Crippen molar-refractivity contribution >= 4 is 11.7 Å². The second-order valence-electron chi connectivity index (χ2n) is 6.21. The van der Waals surface area contributed by atoms with Crippen molar-refractivity contribution in [2.45, 2.75) is 51.6 Å². The molecule has 1 aliphatic rings. The average molecular weight is 325 g/mol. The molecule has 2 aromatic rings. The number of hydrogen-bond acceptors (Lipinski definition) is 5. The number of nitrogens with zero attached hydrogens (tertiary/aromatic N) is 3. The normalized spacial score (nSPS) is 15.0. The number of carbonyl (C=O) groups excluding carboxylic acids is 1. The van der Waals surface area contributed by atoms with Crippen molar-refractivity contribution in [3.63, 3.8) is 0 Å². The first kappa shape index (κ1) is 16.4. The summed E-state index contributed by atoms with van der Waals surface area (Å²) in [5.74, 6) is 1.12. The van der Waals surface area contributed by atoms with Gasteiger partial charge in [0, 0.05) is 31.0 Å². The van der Waals surface area contributed by atoms with E-state index in [2.05, 4.69) is 25.6 Å². The minimum Gasteiger partial charge on any atom is -0.366 e. The van der Waals surface area contributed by atoms with Crippen LogP contribution in [0.1, 0.15) is 54.0 Å². The van der Waals surface area contributed by atoms with Gasteiger partial charge >= 0.3 is 0 Å². The van der Waals surface area contributed by atoms with Crippen LogP contribution in [-0.4, -0.2) is 26.9 Å². The van der Waals surface area contributed by atoms with Crippen molar-refractivity contribution in [3.8, 4) is 0 Å². The maximum atomic E-state index is 12.5. The summed E-state index contributed by atoms with van der Waals surface area (Å²) in [6.45, 7) is 2.40. The van der Waals surface area contributed by atoms with Crippen molar-refractivity contribution in [2.75, 3.05) is 5.32 Å². The molecule has 1 fully saturated rings. The molecule has 6 nitrogen and oxygen atoms in total. The van der Waals surface area contributed by atoms with Crippen LogP contribution in [0.4, 0.5) is 5.82 Å². The molecule has 2 heterocycles. The van der Waals surface area contributed by atoms with E-state index in [4.69, 9.17) is 0 Å². The third kappa shape index (κ3) is 4.50. The number of aryl methyl sites for hydroxylation is 1. The smallest absolute Gasteiger partial charge is 0.270 e. The number of hydrogen-bond donors (Lipinski definition) is 2. The highest BCUT2D eigenvalue weighted by atomic mass is 16.1. The van der Waals surface area contributed by atoms with E-state index >= 15 is 0 Å². The molecule has 2 aromatic heterocycles. The average Bonchev–Trinajstić information content (AvgIpc) is 2.61. The highest BCUT2D eigenvalue weighted by Gasteiger charge is 2.18. The lowest BCUT2D eigenvalue weighted by Gasteiger charge is -2.22. The highest BCUT2D eigenvalue weighted by molar-refractivity contribution is 5.93. The van der Waals surface area contributed by atoms with E-state index < -0.39 is 0 Å². The molecular formula is C18H23N5O. The van der Waals surface area contributed by atoms with Crippen LogP contribution in [0.2, 0.25) is 0 Å². The third-order valence-electron chi connectivity index (χ3n) is 4.21. The standard InChI is InChI=1S/C18H23N5O/c1-13-21-16(18(24)23-15-7-3-2-4-8-15)10-17(22-13)20-12-14-6-5-9-19-11-14/h5-6,9-11,15H,2-4,7-8,12H2,1H3,(H,23,24)(H,20,21,22). The topological polar surface area (TPSA) is 79.8 Å². The monoisotopic (exact) mass is 325 g/mol. The summed E-state index contributed by atoms with van der Waals surface area (Å²) in [5, 5.41) is 6.33. The molecule has 126 valence electrons. The van der Waals surface area contributed by atoms with Crippen LogP contribution in [0.25, 0.3) is 0 Å². The molecule has 1 amide bonds. The molecule has 0 aromatic carbocycles. The molecule has 0 radical (unpaired) electrons. The first-order valence-corrected chi connectivity index (χ1v) is 8.50. The number of anilines is 1. The van der Waals surface area contributed by atoms with E-state index in [0.717, 1.165) is 18.4 Å². The quantitative estimate of drug-likeness (QED) is 0.883. The first-order chi connectivity index (χ1) is 11.7. The van der Waals surface area contributed by atoms with Gasteiger partial charge < -0.3 is 10.6 Å². The van der Waals surface area contributed by atoms with Crippen LogP contribution < -0.4 is 10.6 Å². The fourth-order valence-electron chi connectivity index (χ4n) is 2.98. The highest BCUT2D eigenvalue weighted by Crippen LogP contribution is 2.18. The summed E-state index contributed by atoms with van der Waals surface area (Å²) in [4.78, 5) is 25.2. The molecule has 24 heavy (non-hydrogen) atoms. The van der Waals surface area contributed by atoms with Gasteiger partial charge in [0.1, 0.15) is 17.3 Å². The predicted molar refractivity (Wildman–Crippen MR) is 92.7 cm³/mol. The SMILES string of the molecule is Cc1nc(NCc2cccnc2)cc(C(=O)NC2CCCCC2)n1. The maximum Gasteiger partial charge on any atom is 0.270 e. The number of aromatic nitrogens is 3. The fraction of sp³-hybridized carbons (Fsp3) is 0.444. The first-order valence-electron chi connectivity index (χ1n) is 8.50. The van der Waals surface area contributed by atoms with E-state index in [-0.39, 0.29) is 11.9 Å². The second-order valence-corrected chi connectivity index (χ2v) is 6.21. The van der Waals surface area contributed by atoms with Gasteiger partial charge in [0.15, 0.2) is 0 Å². The largest absolute Gasteiger partial charge is 0.366 e. The molecule has 0 aliphatic heterocycles. The van der Waals surface area contributed by atoms with Crippen molar-refractivity contribution in [2.24, 2.45) is 0 Å². The van der Waals surface area contributed by atoms with Crippen LogP contribution in [0.15, 0.2) is 30.6 Å². The Morgan fingerprint density at radius 3 is 2.83 bits per heavy atom. The lowest BCUT2D eigenvalue weighted by atomic mass is 9.95. The second kappa shape index (κ2) is 7.86. The molecule has 3 rings (SSSR count). The maximum absolute atomic E-state index is 12.5. The van der Waals surface area contributed by atoms with E-state index in [1.54, 1.807) is 25.4 Å². The molecule has 2 N–H and O–H groups in total. The van der Waals surface area contributed by atoms with Crippen molar-refractivity contribution < 1.29 is 4.79 Å². The van der Waals surface area contributed by atoms with Gasteiger partial charge in [-0.3, -0.25) is 9.78 Å². The molecule has 1 aliphatic carbocycles. The Morgan fingerprint density at radius 2 is 2.08 bits per heavy atom. The molecular weight excluding hydrogens is 302 g/mol. The van der Waals surface area contributed by atoms with Gasteiger partial charge in [0.25, 0.3) is 5.91 Å². The number of amides is 1. The Bertz CT molecular complexity index is 683. The summed E-state index contributed by atoms with van der Waals surface area (Å²) in [7, 11) is 0. The molecule has 1 saturated carbocycles. The van der Waals surface area contributed by atoms with Crippen LogP contribution in [0.3, 0.4) is 0 Å². The number of pyridine rings is 1. The summed E-state index contributed by atoms with van der Waals surface area (Å²) in [6, 6.07) is 5.87. The van der Waals surface area contributed by atoms with Gasteiger partial charge in [-0.2, -0.15) is 0 Å². The van der Waals surface area contributed by atoms with E-state index in [0.29, 0.717) is 23.9 Å². The summed E-state index contributed by atoms with van der Waals surface area (Å²) in [6.07, 6.45) is 9.30. The third-order valence-corrected chi connectivity index (χ3v) is 4.21. The summed E-state index contributed by atoms with van der Waals surface area (Å²) in [5.41, 5.74) is 1.48. The van der Waals surface area contributed by atoms with Gasteiger partial charge in [-0.1, -0.05) is 25.3 Å². The Balaban J connectivity index is 1.65. The van der Waals surface area contributed by atoms with Gasteiger partial charge in [0.05, 0.1) is 0 Å². The van der Waals surface area contributed by atoms with Crippen molar-refractivity contribution in [3.05, 3.63) is 47.7 Å². The minimum atomic E-state index is -0.114. The lowest BCUT2D eigenvalue weighted by Crippen LogP contribution is -2.36. The lowest BCUT2D eigenvalue weighted by molar-refractivity contribution is 0.0922. The van der Waals surface area contributed by atoms with E-state index in [1.165, 1.54) is 19.3 Å². The zero-order valence-electron chi connectivity index (χ0n) is 14.0. The Labute approximate surface area is 142 Å². The van der Waals surface area contributed by atoms with Crippen molar-refractivity contribution in [1.29, 1.82) is 0 Å². The van der Waals surface area contributed by atoms with Gasteiger partial charge in [-0.15, -0.1) is 0 Å². The minimum absolute atomic E-state index is 0.114. The van der Waals surface area contributed by atoms with E-state index in [9.17, 15) is 4.79 Å². The Kier molecular flexibility index (Phi) is 5.36. The van der Waals surface area contributed by atoms with Gasteiger partial charge in [0.2, 0.25) is 0 Å². The zero-order chi connectivity index (χ0) is 16.8. The van der Waals surface area contributed by atoms with E-state index in [1.807, 2.05) is 12.1 Å². The molecule has 0 bridgehead atoms. The van der Waals surface area contributed by atoms with Gasteiger partial charge in [-0.25, -0.2) is 9.97 Å². The number of rotatable bonds is 5. The van der Waals surface area contributed by atoms with Crippen LogP contribution in [0, 0.1) is 6.92 Å². The zero-order valence-corrected chi connectivity index (χ0v) is 14.0. The van der Waals surface area contributed by atoms with Crippen LogP contribution in [0.5, 0.6) is 0 Å². The summed E-state index contributed by atoms with van der Waals surface area (Å²) < 4.78 is 0. The Hall–Kier alpha value is -2.50. The molecule has 0 atom stereocenters. The van der Waals surface area contributed by atoms with Gasteiger partial charge in [-0.05, 0) is 31.4 Å². The molecule has 0 saturated heterocycles. The molecule has 0 spiro atoms. The molecule has 6 heteroatoms. The van der Waals surface area contributed by atoms with Crippen LogP contribution in [-0.2, 0) is 6.54 Å². The molecule has 0 unspecified atom stereocenters. The summed E-state index contributed by atoms with van der Waals surface area (Å²) >= 11 is 0. The van der Waals surface area contributed by atoms with Crippen LogP contribution >= 0.6 is 0 Å². The predicted octanol–water partition coefficient (Wildman–Crippen LogP) is 2.85. The Morgan fingerprint density at radius 1 is 1.25 bits per heavy atom. The number of nitrogens with one attached hydrogen (secondary N) is 2.